The van der Waals surface area contributed by atoms with Crippen LogP contribution in [0.25, 0.3) is 0 Å². The maximum atomic E-state index is 5.86. The Balaban J connectivity index is 1.69. The average Bonchev–Trinajstić information content (AvgIpc) is 2.90. The van der Waals surface area contributed by atoms with E-state index in [2.05, 4.69) is 78.5 Å². The van der Waals surface area contributed by atoms with Gasteiger partial charge in [0.05, 0.1) is 0 Å². The number of benzene rings is 2. The molecule has 4 rings (SSSR count). The van der Waals surface area contributed by atoms with Crippen LogP contribution in [0.4, 0.5) is 11.4 Å². The van der Waals surface area contributed by atoms with Gasteiger partial charge in [-0.3, -0.25) is 0 Å². The molecule has 2 aliphatic rings. The third-order valence-corrected chi connectivity index (χ3v) is 5.86. The van der Waals surface area contributed by atoms with Crippen LogP contribution in [0.15, 0.2) is 42.5 Å². The molecule has 0 amide bonds. The predicted octanol–water partition coefficient (Wildman–Crippen LogP) is 4.31. The number of nitrogens with one attached hydrogen (secondary N) is 1. The minimum Gasteiger partial charge on any atom is -0.332 e. The summed E-state index contributed by atoms with van der Waals surface area (Å²) in [5.41, 5.74) is 6.36. The third kappa shape index (κ3) is 2.94. The Kier molecular flexibility index (Phi) is 4.26. The van der Waals surface area contributed by atoms with Crippen LogP contribution < -0.4 is 10.2 Å². The monoisotopic (exact) mass is 351 g/mol. The number of para-hydroxylation sites is 1. The second-order valence-corrected chi connectivity index (χ2v) is 7.79. The Bertz CT molecular complexity index is 817. The molecule has 0 aliphatic carbocycles. The molecule has 0 saturated carbocycles. The summed E-state index contributed by atoms with van der Waals surface area (Å²) in [7, 11) is 2.22. The van der Waals surface area contributed by atoms with Gasteiger partial charge < -0.3 is 15.1 Å². The molecule has 4 heteroatoms. The van der Waals surface area contributed by atoms with E-state index in [1.54, 1.807) is 0 Å². The van der Waals surface area contributed by atoms with Crippen LogP contribution in [-0.2, 0) is 0 Å². The van der Waals surface area contributed by atoms with Gasteiger partial charge in [-0.2, -0.15) is 0 Å². The normalized spacial score (nSPS) is 22.4. The summed E-state index contributed by atoms with van der Waals surface area (Å²) in [6.45, 7) is 6.52. The Morgan fingerprint density at radius 3 is 2.76 bits per heavy atom. The summed E-state index contributed by atoms with van der Waals surface area (Å²) in [6.07, 6.45) is 1.14. The zero-order chi connectivity index (χ0) is 17.6. The molecule has 0 bridgehead atoms. The fraction of sp³-hybridized carbons (Fsp3) is 0.381. The summed E-state index contributed by atoms with van der Waals surface area (Å²) in [5.74, 6) is 0.533. The van der Waals surface area contributed by atoms with E-state index in [9.17, 15) is 0 Å². The smallest absolute Gasteiger partial charge is 0.178 e. The minimum absolute atomic E-state index is 0.456. The summed E-state index contributed by atoms with van der Waals surface area (Å²) in [6, 6.07) is 15.6. The van der Waals surface area contributed by atoms with Crippen molar-refractivity contribution >= 4 is 28.7 Å². The van der Waals surface area contributed by atoms with Gasteiger partial charge in [0.2, 0.25) is 0 Å². The highest BCUT2D eigenvalue weighted by Crippen LogP contribution is 2.45. The maximum Gasteiger partial charge on any atom is 0.178 e. The number of likely N-dealkylation sites (N-methyl/N-ethyl adjacent to an activating group) is 1. The van der Waals surface area contributed by atoms with Crippen molar-refractivity contribution in [2.45, 2.75) is 32.2 Å². The van der Waals surface area contributed by atoms with E-state index in [-0.39, 0.29) is 0 Å². The highest BCUT2D eigenvalue weighted by Gasteiger charge is 2.42. The van der Waals surface area contributed by atoms with E-state index >= 15 is 0 Å². The van der Waals surface area contributed by atoms with Gasteiger partial charge in [0.15, 0.2) is 5.11 Å². The van der Waals surface area contributed by atoms with Crippen molar-refractivity contribution in [3.05, 3.63) is 59.2 Å². The molecule has 1 N–H and O–H groups in total. The Morgan fingerprint density at radius 1 is 1.16 bits per heavy atom. The lowest BCUT2D eigenvalue weighted by atomic mass is 9.89. The number of fused-ring (bicyclic) bond motifs is 3. The standard InChI is InChI=1S/C21H25N3S/c1-14-8-9-19-16(12-14)17-13-23(3)11-10-20(17)24(19)21(25)22-18-7-5-4-6-15(18)2/h4-9,12,17,20H,10-11,13H2,1-3H3,(H,22,25). The van der Waals surface area contributed by atoms with Crippen LogP contribution in [0.1, 0.15) is 29.0 Å². The van der Waals surface area contributed by atoms with Gasteiger partial charge >= 0.3 is 0 Å². The molecule has 2 aromatic rings. The average molecular weight is 352 g/mol. The van der Waals surface area contributed by atoms with Crippen molar-refractivity contribution < 1.29 is 0 Å². The first kappa shape index (κ1) is 16.6. The molecule has 0 radical (unpaired) electrons. The number of anilines is 2. The van der Waals surface area contributed by atoms with Crippen LogP contribution in [0.2, 0.25) is 0 Å². The highest BCUT2D eigenvalue weighted by atomic mass is 32.1. The topological polar surface area (TPSA) is 18.5 Å². The van der Waals surface area contributed by atoms with Crippen molar-refractivity contribution in [1.29, 1.82) is 0 Å². The molecule has 2 unspecified atom stereocenters. The van der Waals surface area contributed by atoms with Crippen LogP contribution >= 0.6 is 12.2 Å². The summed E-state index contributed by atoms with van der Waals surface area (Å²) < 4.78 is 0. The SMILES string of the molecule is Cc1ccc2c(c1)C1CN(C)CCC1N2C(=S)Nc1ccccc1C. The second kappa shape index (κ2) is 6.43. The number of thiocarbonyl (C=S) groups is 1. The fourth-order valence-electron chi connectivity index (χ4n) is 4.23. The van der Waals surface area contributed by atoms with Crippen molar-refractivity contribution in [3.63, 3.8) is 0 Å². The number of nitrogens with zero attached hydrogens (tertiary/aromatic N) is 2. The summed E-state index contributed by atoms with van der Waals surface area (Å²) in [5, 5.41) is 4.31. The van der Waals surface area contributed by atoms with Crippen LogP contribution in [0.3, 0.4) is 0 Å². The van der Waals surface area contributed by atoms with Crippen LogP contribution in [0, 0.1) is 13.8 Å². The largest absolute Gasteiger partial charge is 0.332 e. The van der Waals surface area contributed by atoms with Crippen LogP contribution in [0.5, 0.6) is 0 Å². The summed E-state index contributed by atoms with van der Waals surface area (Å²) >= 11 is 5.86. The van der Waals surface area contributed by atoms with E-state index in [1.165, 1.54) is 22.4 Å². The van der Waals surface area contributed by atoms with Crippen molar-refractivity contribution in [2.24, 2.45) is 0 Å². The quantitative estimate of drug-likeness (QED) is 0.772. The number of hydrogen-bond acceptors (Lipinski definition) is 2. The first-order chi connectivity index (χ1) is 12.0. The van der Waals surface area contributed by atoms with Gasteiger partial charge in [-0.1, -0.05) is 35.9 Å². The Morgan fingerprint density at radius 2 is 1.96 bits per heavy atom. The highest BCUT2D eigenvalue weighted by molar-refractivity contribution is 7.80. The Labute approximate surface area is 155 Å². The number of rotatable bonds is 1. The third-order valence-electron chi connectivity index (χ3n) is 5.56. The Hall–Kier alpha value is -1.91. The first-order valence-electron chi connectivity index (χ1n) is 8.99. The van der Waals surface area contributed by atoms with Gasteiger partial charge in [-0.15, -0.1) is 0 Å². The number of hydrogen-bond donors (Lipinski definition) is 1. The van der Waals surface area contributed by atoms with E-state index in [4.69, 9.17) is 12.2 Å². The minimum atomic E-state index is 0.456. The van der Waals surface area contributed by atoms with Gasteiger partial charge in [0, 0.05) is 29.9 Å². The van der Waals surface area contributed by atoms with Crippen LogP contribution in [-0.4, -0.2) is 36.2 Å². The van der Waals surface area contributed by atoms with Crippen molar-refractivity contribution in [1.82, 2.24) is 4.90 Å². The van der Waals surface area contributed by atoms with Gasteiger partial charge in [0.25, 0.3) is 0 Å². The molecule has 2 atom stereocenters. The van der Waals surface area contributed by atoms with Gasteiger partial charge in [-0.25, -0.2) is 0 Å². The molecule has 3 nitrogen and oxygen atoms in total. The molecule has 2 heterocycles. The van der Waals surface area contributed by atoms with E-state index in [0.29, 0.717) is 12.0 Å². The fourth-order valence-corrected chi connectivity index (χ4v) is 4.58. The molecule has 25 heavy (non-hydrogen) atoms. The van der Waals surface area contributed by atoms with E-state index in [1.807, 2.05) is 0 Å². The number of likely N-dealkylation sites (tertiary alicyclic amines) is 1. The lowest BCUT2D eigenvalue weighted by molar-refractivity contribution is 0.237. The predicted molar refractivity (Wildman–Crippen MR) is 110 cm³/mol. The maximum absolute atomic E-state index is 5.86. The van der Waals surface area contributed by atoms with Gasteiger partial charge in [0.1, 0.15) is 0 Å². The van der Waals surface area contributed by atoms with Crippen molar-refractivity contribution in [3.8, 4) is 0 Å². The van der Waals surface area contributed by atoms with E-state index in [0.717, 1.165) is 30.3 Å². The molecule has 2 aliphatic heterocycles. The second-order valence-electron chi connectivity index (χ2n) is 7.40. The molecule has 2 aromatic carbocycles. The zero-order valence-corrected chi connectivity index (χ0v) is 15.9. The molecule has 130 valence electrons. The molecule has 1 fully saturated rings. The lowest BCUT2D eigenvalue weighted by Crippen LogP contribution is -2.48. The summed E-state index contributed by atoms with van der Waals surface area (Å²) in [4.78, 5) is 4.81. The van der Waals surface area contributed by atoms with Crippen molar-refractivity contribution in [2.75, 3.05) is 30.4 Å². The van der Waals surface area contributed by atoms with E-state index < -0.39 is 0 Å². The molecule has 0 aromatic heterocycles. The molecular weight excluding hydrogens is 326 g/mol. The van der Waals surface area contributed by atoms with Gasteiger partial charge in [-0.05, 0) is 69.3 Å². The molecule has 1 saturated heterocycles. The molecular formula is C21H25N3S. The number of piperidine rings is 1. The number of aryl methyl sites for hydroxylation is 2. The zero-order valence-electron chi connectivity index (χ0n) is 15.1. The first-order valence-corrected chi connectivity index (χ1v) is 9.40. The molecule has 0 spiro atoms. The lowest BCUT2D eigenvalue weighted by Gasteiger charge is -2.37.